The van der Waals surface area contributed by atoms with Crippen molar-refractivity contribution >= 4 is 34.8 Å². The minimum Gasteiger partial charge on any atom is -0.482 e. The Balaban J connectivity index is 1.81. The second-order valence-corrected chi connectivity index (χ2v) is 7.93. The summed E-state index contributed by atoms with van der Waals surface area (Å²) in [5.41, 5.74) is 3.29. The number of carbonyl (C=O) groups is 1. The molecule has 1 aliphatic heterocycles. The Bertz CT molecular complexity index is 1320. The first kappa shape index (κ1) is 21.2. The van der Waals surface area contributed by atoms with E-state index in [4.69, 9.17) is 4.74 Å². The quantitative estimate of drug-likeness (QED) is 0.267. The van der Waals surface area contributed by atoms with Crippen LogP contribution >= 0.6 is 11.3 Å². The smallest absolute Gasteiger partial charge is 0.278 e. The van der Waals surface area contributed by atoms with Crippen LogP contribution in [0.3, 0.4) is 0 Å². The molecule has 9 nitrogen and oxygen atoms in total. The largest absolute Gasteiger partial charge is 0.482 e. The normalized spacial score (nSPS) is 13.5. The summed E-state index contributed by atoms with van der Waals surface area (Å²) in [5, 5.41) is 20.5. The number of benzene rings is 2. The number of nitro groups is 1. The number of carbonyl (C=O) groups excluding carboxylic acids is 1. The summed E-state index contributed by atoms with van der Waals surface area (Å²) in [6.07, 6.45) is 1.44. The van der Waals surface area contributed by atoms with E-state index in [1.54, 1.807) is 35.0 Å². The lowest BCUT2D eigenvalue weighted by atomic mass is 10.1. The Labute approximate surface area is 187 Å². The second-order valence-electron chi connectivity index (χ2n) is 7.10. The zero-order valence-electron chi connectivity index (χ0n) is 17.1. The van der Waals surface area contributed by atoms with Gasteiger partial charge in [-0.25, -0.2) is 4.68 Å². The molecule has 0 aliphatic carbocycles. The van der Waals surface area contributed by atoms with Gasteiger partial charge in [0, 0.05) is 17.0 Å². The number of ether oxygens (including phenoxy) is 1. The zero-order valence-corrected chi connectivity index (χ0v) is 18.0. The van der Waals surface area contributed by atoms with Crippen molar-refractivity contribution in [2.75, 3.05) is 18.5 Å². The standard InChI is InChI=1S/C22H19N5O4S/c1-14(2)10-23-22-26(24-11-16-5-3-4-6-18(16)27(29)30)19(13-32-22)15-7-8-20-17(9-15)25-21(28)12-31-20/h3-9,11,13H,1,10,12H2,2H3,(H,25,28). The van der Waals surface area contributed by atoms with Gasteiger partial charge in [-0.05, 0) is 31.2 Å². The van der Waals surface area contributed by atoms with Gasteiger partial charge in [0.1, 0.15) is 5.75 Å². The Morgan fingerprint density at radius 3 is 2.97 bits per heavy atom. The average Bonchev–Trinajstić information content (AvgIpc) is 3.18. The number of nitrogens with one attached hydrogen (secondary N) is 1. The van der Waals surface area contributed by atoms with Crippen LogP contribution in [0.25, 0.3) is 11.3 Å². The molecule has 0 fully saturated rings. The third kappa shape index (κ3) is 4.49. The Morgan fingerprint density at radius 2 is 2.19 bits per heavy atom. The van der Waals surface area contributed by atoms with Gasteiger partial charge in [0.05, 0.1) is 34.6 Å². The number of thiazole rings is 1. The number of nitrogens with zero attached hydrogens (tertiary/aromatic N) is 4. The van der Waals surface area contributed by atoms with Gasteiger partial charge in [0.2, 0.25) is 4.80 Å². The summed E-state index contributed by atoms with van der Waals surface area (Å²) in [5.74, 6) is 0.366. The number of aromatic nitrogens is 1. The number of hydrogen-bond donors (Lipinski definition) is 1. The fourth-order valence-electron chi connectivity index (χ4n) is 3.05. The molecule has 32 heavy (non-hydrogen) atoms. The minimum absolute atomic E-state index is 0.0190. The van der Waals surface area contributed by atoms with Crippen molar-refractivity contribution in [3.63, 3.8) is 0 Å². The van der Waals surface area contributed by atoms with Crippen LogP contribution < -0.4 is 14.9 Å². The predicted molar refractivity (Wildman–Crippen MR) is 123 cm³/mol. The summed E-state index contributed by atoms with van der Waals surface area (Å²) < 4.78 is 7.05. The molecule has 0 spiro atoms. The molecular weight excluding hydrogens is 430 g/mol. The maximum Gasteiger partial charge on any atom is 0.278 e. The zero-order chi connectivity index (χ0) is 22.7. The number of nitro benzene ring substituents is 1. The van der Waals surface area contributed by atoms with Gasteiger partial charge in [0.25, 0.3) is 11.6 Å². The summed E-state index contributed by atoms with van der Waals surface area (Å²) in [6, 6.07) is 11.8. The van der Waals surface area contributed by atoms with Crippen LogP contribution in [0.5, 0.6) is 5.75 Å². The number of hydrogen-bond acceptors (Lipinski definition) is 7. The number of para-hydroxylation sites is 1. The van der Waals surface area contributed by atoms with Gasteiger partial charge in [-0.2, -0.15) is 5.10 Å². The molecule has 1 N–H and O–H groups in total. The maximum atomic E-state index is 11.7. The molecule has 0 bridgehead atoms. The Hall–Kier alpha value is -4.05. The number of rotatable bonds is 6. The van der Waals surface area contributed by atoms with Crippen LogP contribution in [0, 0.1) is 10.1 Å². The fourth-order valence-corrected chi connectivity index (χ4v) is 3.88. The van der Waals surface area contributed by atoms with E-state index < -0.39 is 4.92 Å². The van der Waals surface area contributed by atoms with Crippen molar-refractivity contribution < 1.29 is 14.5 Å². The lowest BCUT2D eigenvalue weighted by molar-refractivity contribution is -0.385. The third-order valence-electron chi connectivity index (χ3n) is 4.52. The highest BCUT2D eigenvalue weighted by Gasteiger charge is 2.18. The first-order valence-electron chi connectivity index (χ1n) is 9.62. The van der Waals surface area contributed by atoms with Crippen molar-refractivity contribution in [3.05, 3.63) is 80.5 Å². The molecule has 1 amide bonds. The van der Waals surface area contributed by atoms with Gasteiger partial charge in [0.15, 0.2) is 6.61 Å². The molecule has 0 saturated heterocycles. The number of fused-ring (bicyclic) bond motifs is 1. The molecule has 2 heterocycles. The maximum absolute atomic E-state index is 11.7. The molecule has 2 aromatic carbocycles. The average molecular weight is 449 g/mol. The lowest BCUT2D eigenvalue weighted by Gasteiger charge is -2.18. The van der Waals surface area contributed by atoms with Crippen molar-refractivity contribution in [1.82, 2.24) is 4.68 Å². The summed E-state index contributed by atoms with van der Waals surface area (Å²) in [6.45, 7) is 6.17. The van der Waals surface area contributed by atoms with Crippen LogP contribution in [0.2, 0.25) is 0 Å². The van der Waals surface area contributed by atoms with Gasteiger partial charge < -0.3 is 10.1 Å². The van der Waals surface area contributed by atoms with Gasteiger partial charge >= 0.3 is 0 Å². The molecule has 162 valence electrons. The second kappa shape index (κ2) is 8.98. The van der Waals surface area contributed by atoms with Crippen molar-refractivity contribution in [2.24, 2.45) is 10.1 Å². The predicted octanol–water partition coefficient (Wildman–Crippen LogP) is 3.81. The Morgan fingerprint density at radius 1 is 1.38 bits per heavy atom. The topological polar surface area (TPSA) is 111 Å². The number of anilines is 1. The molecule has 10 heteroatoms. The highest BCUT2D eigenvalue weighted by atomic mass is 32.1. The van der Waals surface area contributed by atoms with Crippen molar-refractivity contribution in [1.29, 1.82) is 0 Å². The molecule has 3 aromatic rings. The minimum atomic E-state index is -0.445. The van der Waals surface area contributed by atoms with Crippen LogP contribution in [-0.4, -0.2) is 34.9 Å². The van der Waals surface area contributed by atoms with E-state index in [1.165, 1.54) is 23.6 Å². The van der Waals surface area contributed by atoms with E-state index in [0.717, 1.165) is 11.1 Å². The van der Waals surface area contributed by atoms with E-state index >= 15 is 0 Å². The first-order chi connectivity index (χ1) is 15.4. The SMILES string of the molecule is C=C(C)CN=c1scc(-c2ccc3c(c2)NC(=O)CO3)n1N=Cc1ccccc1[N+](=O)[O-]. The Kier molecular flexibility index (Phi) is 5.95. The first-order valence-corrected chi connectivity index (χ1v) is 10.5. The van der Waals surface area contributed by atoms with Crippen LogP contribution in [-0.2, 0) is 4.79 Å². The van der Waals surface area contributed by atoms with Crippen LogP contribution in [0.15, 0.2) is 70.1 Å². The highest BCUT2D eigenvalue weighted by molar-refractivity contribution is 7.07. The molecule has 0 saturated carbocycles. The summed E-state index contributed by atoms with van der Waals surface area (Å²) >= 11 is 1.39. The highest BCUT2D eigenvalue weighted by Crippen LogP contribution is 2.33. The third-order valence-corrected chi connectivity index (χ3v) is 5.38. The summed E-state index contributed by atoms with van der Waals surface area (Å²) in [7, 11) is 0. The van der Waals surface area contributed by atoms with Crippen LogP contribution in [0.4, 0.5) is 11.4 Å². The van der Waals surface area contributed by atoms with Crippen LogP contribution in [0.1, 0.15) is 12.5 Å². The molecule has 4 rings (SSSR count). The number of amides is 1. The molecule has 0 radical (unpaired) electrons. The van der Waals surface area contributed by atoms with Crippen molar-refractivity contribution in [3.8, 4) is 17.0 Å². The van der Waals surface area contributed by atoms with E-state index in [0.29, 0.717) is 34.0 Å². The molecule has 1 aliphatic rings. The van der Waals surface area contributed by atoms with Gasteiger partial charge in [-0.15, -0.1) is 11.3 Å². The summed E-state index contributed by atoms with van der Waals surface area (Å²) in [4.78, 5) is 27.8. The molecule has 0 unspecified atom stereocenters. The molecule has 1 aromatic heterocycles. The van der Waals surface area contributed by atoms with E-state index in [-0.39, 0.29) is 18.2 Å². The van der Waals surface area contributed by atoms with Crippen molar-refractivity contribution in [2.45, 2.75) is 6.92 Å². The van der Waals surface area contributed by atoms with E-state index in [1.807, 2.05) is 18.4 Å². The van der Waals surface area contributed by atoms with E-state index in [9.17, 15) is 14.9 Å². The lowest BCUT2D eigenvalue weighted by Crippen LogP contribution is -2.25. The molecule has 0 atom stereocenters. The van der Waals surface area contributed by atoms with Gasteiger partial charge in [-0.3, -0.25) is 19.9 Å². The molecular formula is C22H19N5O4S. The monoisotopic (exact) mass is 449 g/mol. The van der Waals surface area contributed by atoms with Gasteiger partial charge in [-0.1, -0.05) is 24.3 Å². The van der Waals surface area contributed by atoms with E-state index in [2.05, 4.69) is 22.0 Å². The fraction of sp³-hybridized carbons (Fsp3) is 0.136.